The summed E-state index contributed by atoms with van der Waals surface area (Å²) in [4.78, 5) is 55.2. The molecule has 1 fully saturated rings. The summed E-state index contributed by atoms with van der Waals surface area (Å²) in [7, 11) is 0. The highest BCUT2D eigenvalue weighted by atomic mass is 32.2. The summed E-state index contributed by atoms with van der Waals surface area (Å²) in [5.41, 5.74) is 1.58. The first-order valence-electron chi connectivity index (χ1n) is 12.3. The molecule has 204 valence electrons. The van der Waals surface area contributed by atoms with Crippen molar-refractivity contribution in [3.05, 3.63) is 23.3 Å². The highest BCUT2D eigenvalue weighted by Gasteiger charge is 2.41. The van der Waals surface area contributed by atoms with Gasteiger partial charge in [0.2, 0.25) is 5.91 Å². The van der Waals surface area contributed by atoms with Crippen molar-refractivity contribution in [1.82, 2.24) is 15.1 Å². The summed E-state index contributed by atoms with van der Waals surface area (Å²) in [6.45, 7) is 9.55. The number of hydrogen-bond acceptors (Lipinski definition) is 5. The van der Waals surface area contributed by atoms with Gasteiger partial charge in [-0.15, -0.1) is 11.8 Å². The maximum absolute atomic E-state index is 13.9. The van der Waals surface area contributed by atoms with Gasteiger partial charge in [0.1, 0.15) is 0 Å². The summed E-state index contributed by atoms with van der Waals surface area (Å²) in [6.07, 6.45) is -2.84. The van der Waals surface area contributed by atoms with E-state index in [0.717, 1.165) is 4.90 Å². The maximum atomic E-state index is 13.9. The van der Waals surface area contributed by atoms with Crippen molar-refractivity contribution in [3.8, 4) is 0 Å². The SMILES string of the molecule is Cc1cc2c(cc1C(=O)N(C(C)C)[C@@H]1CCCN(C(=O)O)C1)N(CCNC(=O)C(F)F)C(=O)C(C)(C)S2. The van der Waals surface area contributed by atoms with Crippen LogP contribution >= 0.6 is 11.8 Å². The van der Waals surface area contributed by atoms with Gasteiger partial charge in [0.15, 0.2) is 0 Å². The second-order valence-electron chi connectivity index (χ2n) is 10.1. The molecule has 0 unspecified atom stereocenters. The van der Waals surface area contributed by atoms with Crippen LogP contribution in [0.5, 0.6) is 0 Å². The number of carboxylic acid groups (broad SMARTS) is 1. The number of carbonyl (C=O) groups excluding carboxylic acids is 3. The third-order valence-corrected chi connectivity index (χ3v) is 7.87. The number of rotatable bonds is 7. The van der Waals surface area contributed by atoms with E-state index in [4.69, 9.17) is 0 Å². The number of amides is 4. The maximum Gasteiger partial charge on any atom is 0.407 e. The molecule has 2 N–H and O–H groups in total. The molecule has 2 heterocycles. The molecule has 0 saturated carbocycles. The van der Waals surface area contributed by atoms with Crippen LogP contribution in [0.2, 0.25) is 0 Å². The van der Waals surface area contributed by atoms with Crippen LogP contribution in [0.4, 0.5) is 19.3 Å². The molecular weight excluding hydrogens is 506 g/mol. The van der Waals surface area contributed by atoms with Crippen molar-refractivity contribution in [3.63, 3.8) is 0 Å². The summed E-state index contributed by atoms with van der Waals surface area (Å²) in [5, 5.41) is 11.6. The van der Waals surface area contributed by atoms with Gasteiger partial charge in [-0.3, -0.25) is 14.4 Å². The Kier molecular flexibility index (Phi) is 8.71. The number of aryl methyl sites for hydroxylation is 1. The first kappa shape index (κ1) is 28.7. The van der Waals surface area contributed by atoms with E-state index in [1.54, 1.807) is 24.8 Å². The van der Waals surface area contributed by atoms with E-state index in [2.05, 4.69) is 5.32 Å². The van der Waals surface area contributed by atoms with Crippen molar-refractivity contribution in [2.45, 2.75) is 75.6 Å². The van der Waals surface area contributed by atoms with Crippen molar-refractivity contribution < 1.29 is 33.1 Å². The number of nitrogens with one attached hydrogen (secondary N) is 1. The number of alkyl halides is 2. The topological polar surface area (TPSA) is 110 Å². The lowest BCUT2D eigenvalue weighted by Crippen LogP contribution is -2.54. The average Bonchev–Trinajstić information content (AvgIpc) is 2.80. The Morgan fingerprint density at radius 3 is 2.54 bits per heavy atom. The third-order valence-electron chi connectivity index (χ3n) is 6.64. The minimum Gasteiger partial charge on any atom is -0.465 e. The van der Waals surface area contributed by atoms with Crippen LogP contribution in [0.15, 0.2) is 17.0 Å². The Balaban J connectivity index is 1.95. The Morgan fingerprint density at radius 1 is 1.27 bits per heavy atom. The van der Waals surface area contributed by atoms with Crippen LogP contribution in [0.3, 0.4) is 0 Å². The number of nitrogens with zero attached hydrogens (tertiary/aromatic N) is 3. The summed E-state index contributed by atoms with van der Waals surface area (Å²) >= 11 is 1.36. The predicted octanol–water partition coefficient (Wildman–Crippen LogP) is 3.59. The largest absolute Gasteiger partial charge is 0.465 e. The van der Waals surface area contributed by atoms with Gasteiger partial charge >= 0.3 is 12.5 Å². The summed E-state index contributed by atoms with van der Waals surface area (Å²) in [6, 6.07) is 3.00. The van der Waals surface area contributed by atoms with E-state index >= 15 is 0 Å². The van der Waals surface area contributed by atoms with Gasteiger partial charge in [-0.25, -0.2) is 4.79 Å². The number of anilines is 1. The quantitative estimate of drug-likeness (QED) is 0.547. The molecule has 1 atom stereocenters. The lowest BCUT2D eigenvalue weighted by molar-refractivity contribution is -0.131. The van der Waals surface area contributed by atoms with E-state index in [1.807, 2.05) is 26.8 Å². The number of fused-ring (bicyclic) bond motifs is 1. The minimum atomic E-state index is -3.15. The lowest BCUT2D eigenvalue weighted by Gasteiger charge is -2.41. The van der Waals surface area contributed by atoms with Crippen LogP contribution in [-0.2, 0) is 9.59 Å². The number of piperidine rings is 1. The van der Waals surface area contributed by atoms with Gasteiger partial charge in [0.05, 0.1) is 16.5 Å². The molecule has 2 aliphatic heterocycles. The van der Waals surface area contributed by atoms with Gasteiger partial charge < -0.3 is 25.1 Å². The minimum absolute atomic E-state index is 0.0327. The fraction of sp³-hybridized carbons (Fsp3) is 0.600. The smallest absolute Gasteiger partial charge is 0.407 e. The molecule has 1 aromatic carbocycles. The standard InChI is InChI=1S/C25H34F2N4O5S/c1-14(2)31(16-7-6-9-29(13-16)24(35)36)22(33)17-12-18-19(11-15(17)3)37-25(4,5)23(34)30(18)10-8-28-21(32)20(26)27/h11-12,14,16,20H,6-10,13H2,1-5H3,(H,28,32)(H,35,36)/t16-/m1/s1. The van der Waals surface area contributed by atoms with Gasteiger partial charge in [0.25, 0.3) is 11.8 Å². The van der Waals surface area contributed by atoms with Crippen molar-refractivity contribution in [2.24, 2.45) is 0 Å². The molecular formula is C25H34F2N4O5S. The fourth-order valence-corrected chi connectivity index (χ4v) is 6.11. The van der Waals surface area contributed by atoms with E-state index in [1.165, 1.54) is 21.6 Å². The fourth-order valence-electron chi connectivity index (χ4n) is 4.85. The van der Waals surface area contributed by atoms with Gasteiger partial charge in [-0.05, 0) is 65.2 Å². The zero-order valence-electron chi connectivity index (χ0n) is 21.7. The molecule has 0 aliphatic carbocycles. The third kappa shape index (κ3) is 6.16. The van der Waals surface area contributed by atoms with Crippen LogP contribution in [0, 0.1) is 6.92 Å². The molecule has 3 rings (SSSR count). The van der Waals surface area contributed by atoms with Crippen LogP contribution < -0.4 is 10.2 Å². The Morgan fingerprint density at radius 2 is 1.95 bits per heavy atom. The number of halogens is 2. The zero-order chi connectivity index (χ0) is 27.7. The predicted molar refractivity (Wildman–Crippen MR) is 136 cm³/mol. The molecule has 0 spiro atoms. The van der Waals surface area contributed by atoms with Crippen molar-refractivity contribution >= 4 is 41.3 Å². The number of likely N-dealkylation sites (tertiary alicyclic amines) is 1. The van der Waals surface area contributed by atoms with Gasteiger partial charge in [0, 0.05) is 42.7 Å². The normalized spacial score (nSPS) is 19.2. The highest BCUT2D eigenvalue weighted by Crippen LogP contribution is 2.46. The number of carbonyl (C=O) groups is 4. The van der Waals surface area contributed by atoms with Crippen molar-refractivity contribution in [1.29, 1.82) is 0 Å². The second kappa shape index (κ2) is 11.2. The van der Waals surface area contributed by atoms with E-state index in [0.29, 0.717) is 36.2 Å². The molecule has 0 bridgehead atoms. The van der Waals surface area contributed by atoms with Gasteiger partial charge in [-0.2, -0.15) is 8.78 Å². The number of hydrogen-bond donors (Lipinski definition) is 2. The Bertz CT molecular complexity index is 1080. The molecule has 37 heavy (non-hydrogen) atoms. The first-order chi connectivity index (χ1) is 17.2. The van der Waals surface area contributed by atoms with Crippen molar-refractivity contribution in [2.75, 3.05) is 31.1 Å². The molecule has 9 nitrogen and oxygen atoms in total. The molecule has 1 aromatic rings. The summed E-state index contributed by atoms with van der Waals surface area (Å²) in [5.74, 6) is -1.93. The molecule has 4 amide bonds. The average molecular weight is 541 g/mol. The molecule has 1 saturated heterocycles. The van der Waals surface area contributed by atoms with E-state index in [-0.39, 0.29) is 43.5 Å². The van der Waals surface area contributed by atoms with E-state index in [9.17, 15) is 33.1 Å². The zero-order valence-corrected chi connectivity index (χ0v) is 22.5. The Labute approximate surface area is 219 Å². The highest BCUT2D eigenvalue weighted by molar-refractivity contribution is 8.01. The summed E-state index contributed by atoms with van der Waals surface area (Å²) < 4.78 is 24.4. The molecule has 0 aromatic heterocycles. The van der Waals surface area contributed by atoms with Crippen LogP contribution in [0.25, 0.3) is 0 Å². The number of benzene rings is 1. The molecule has 0 radical (unpaired) electrons. The second-order valence-corrected chi connectivity index (χ2v) is 11.8. The molecule has 12 heteroatoms. The Hall–Kier alpha value is -2.89. The van der Waals surface area contributed by atoms with E-state index < -0.39 is 23.2 Å². The van der Waals surface area contributed by atoms with Gasteiger partial charge in [-0.1, -0.05) is 0 Å². The monoisotopic (exact) mass is 540 g/mol. The van der Waals surface area contributed by atoms with Crippen LogP contribution in [0.1, 0.15) is 56.5 Å². The molecule has 2 aliphatic rings. The lowest BCUT2D eigenvalue weighted by atomic mass is 9.99. The number of thioether (sulfide) groups is 1. The van der Waals surface area contributed by atoms with Crippen LogP contribution in [-0.4, -0.2) is 88.2 Å². The first-order valence-corrected chi connectivity index (χ1v) is 13.1.